The van der Waals surface area contributed by atoms with Gasteiger partial charge in [-0.3, -0.25) is 4.40 Å². The highest BCUT2D eigenvalue weighted by atomic mass is 79.9. The first kappa shape index (κ1) is 22.9. The van der Waals surface area contributed by atoms with Gasteiger partial charge in [0.1, 0.15) is 0 Å². The number of nitrogens with zero attached hydrogens (tertiary/aromatic N) is 4. The van der Waals surface area contributed by atoms with Crippen LogP contribution in [0.25, 0.3) is 16.8 Å². The zero-order valence-electron chi connectivity index (χ0n) is 16.5. The Balaban J connectivity index is 0.00000128. The van der Waals surface area contributed by atoms with Gasteiger partial charge in [0.15, 0.2) is 11.3 Å². The third kappa shape index (κ3) is 3.49. The minimum absolute atomic E-state index is 0. The molecule has 1 N–H and O–H groups in total. The summed E-state index contributed by atoms with van der Waals surface area (Å²) < 4.78 is 29.6. The molecular formula is C20H23Br2N5O2S. The summed E-state index contributed by atoms with van der Waals surface area (Å²) in [6.45, 7) is 6.00. The number of rotatable bonds is 3. The largest absolute Gasteiger partial charge is 0.316 e. The van der Waals surface area contributed by atoms with Crippen LogP contribution in [-0.2, 0) is 10.0 Å². The fourth-order valence-corrected chi connectivity index (χ4v) is 5.33. The van der Waals surface area contributed by atoms with Crippen LogP contribution in [0.5, 0.6) is 0 Å². The normalized spacial score (nSPS) is 19.0. The van der Waals surface area contributed by atoms with Crippen molar-refractivity contribution < 1.29 is 8.42 Å². The smallest absolute Gasteiger partial charge is 0.269 e. The fourth-order valence-electron chi connectivity index (χ4n) is 4.03. The van der Waals surface area contributed by atoms with Gasteiger partial charge in [-0.25, -0.2) is 22.4 Å². The Morgan fingerprint density at radius 3 is 2.43 bits per heavy atom. The van der Waals surface area contributed by atoms with Gasteiger partial charge in [-0.1, -0.05) is 24.6 Å². The van der Waals surface area contributed by atoms with Gasteiger partial charge in [0, 0.05) is 30.6 Å². The summed E-state index contributed by atoms with van der Waals surface area (Å²) in [5.41, 5.74) is 3.99. The molecule has 0 amide bonds. The average molecular weight is 557 g/mol. The molecule has 4 aromatic rings. The third-order valence-electron chi connectivity index (χ3n) is 5.64. The molecule has 0 aliphatic carbocycles. The summed E-state index contributed by atoms with van der Waals surface area (Å²) in [4.78, 5) is 9.17. The van der Waals surface area contributed by atoms with Crippen LogP contribution >= 0.6 is 34.0 Å². The molecule has 1 saturated heterocycles. The standard InChI is InChI=1S/C20H21N5O2S.2BrH/c1-13-3-5-15(6-4-13)28(26,27)24-8-7-17-20(24)23-12-19-22-11-18(25(17)19)16-10-21-9-14(16)2;;/h3-8,11-12,14,16,21H,9-10H2,1-2H3;2*1H/t14-,16+;;/m1../s1. The van der Waals surface area contributed by atoms with Crippen LogP contribution in [0.2, 0.25) is 0 Å². The molecule has 4 heterocycles. The average Bonchev–Trinajstić information content (AvgIpc) is 3.38. The summed E-state index contributed by atoms with van der Waals surface area (Å²) >= 11 is 0. The second-order valence-corrected chi connectivity index (χ2v) is 9.33. The number of halogens is 2. The van der Waals surface area contributed by atoms with Gasteiger partial charge in [-0.15, -0.1) is 34.0 Å². The Bertz CT molecular complexity index is 1300. The molecule has 10 heteroatoms. The second kappa shape index (κ2) is 8.41. The van der Waals surface area contributed by atoms with Gasteiger partial charge < -0.3 is 5.32 Å². The SMILES string of the molecule is Br.Br.Cc1ccc(S(=O)(=O)n2ccc3c2ncc2ncc([C@H]4CNC[C@H]4C)n23)cc1. The van der Waals surface area contributed by atoms with Crippen molar-refractivity contribution in [2.24, 2.45) is 5.92 Å². The summed E-state index contributed by atoms with van der Waals surface area (Å²) in [5, 5.41) is 3.42. The van der Waals surface area contributed by atoms with Gasteiger partial charge in [-0.2, -0.15) is 0 Å². The number of aromatic nitrogens is 4. The molecule has 30 heavy (non-hydrogen) atoms. The molecule has 0 bridgehead atoms. The molecule has 0 saturated carbocycles. The van der Waals surface area contributed by atoms with E-state index >= 15 is 0 Å². The molecule has 1 aliphatic rings. The van der Waals surface area contributed by atoms with Gasteiger partial charge in [0.05, 0.1) is 16.6 Å². The van der Waals surface area contributed by atoms with Crippen LogP contribution in [0.3, 0.4) is 0 Å². The first-order chi connectivity index (χ1) is 13.5. The number of hydrogen-bond acceptors (Lipinski definition) is 5. The Morgan fingerprint density at radius 1 is 1.03 bits per heavy atom. The lowest BCUT2D eigenvalue weighted by atomic mass is 9.95. The first-order valence-electron chi connectivity index (χ1n) is 9.33. The van der Waals surface area contributed by atoms with E-state index in [2.05, 4.69) is 22.2 Å². The molecule has 1 aromatic carbocycles. The minimum atomic E-state index is -3.73. The van der Waals surface area contributed by atoms with Crippen molar-refractivity contribution in [3.8, 4) is 0 Å². The van der Waals surface area contributed by atoms with Gasteiger partial charge in [0.25, 0.3) is 10.0 Å². The number of fused-ring (bicyclic) bond motifs is 3. The number of imidazole rings is 1. The number of aryl methyl sites for hydroxylation is 1. The van der Waals surface area contributed by atoms with E-state index in [1.807, 2.05) is 17.5 Å². The van der Waals surface area contributed by atoms with Gasteiger partial charge in [-0.05, 0) is 37.6 Å². The van der Waals surface area contributed by atoms with E-state index in [4.69, 9.17) is 0 Å². The molecule has 1 fully saturated rings. The highest BCUT2D eigenvalue weighted by molar-refractivity contribution is 8.93. The predicted molar refractivity (Wildman–Crippen MR) is 128 cm³/mol. The van der Waals surface area contributed by atoms with E-state index < -0.39 is 10.0 Å². The van der Waals surface area contributed by atoms with Crippen molar-refractivity contribution in [1.82, 2.24) is 23.7 Å². The Kier molecular flexibility index (Phi) is 6.43. The maximum Gasteiger partial charge on any atom is 0.269 e. The molecule has 0 spiro atoms. The van der Waals surface area contributed by atoms with E-state index in [0.717, 1.165) is 35.5 Å². The summed E-state index contributed by atoms with van der Waals surface area (Å²) in [5.74, 6) is 0.819. The summed E-state index contributed by atoms with van der Waals surface area (Å²) in [7, 11) is -3.73. The van der Waals surface area contributed by atoms with Crippen molar-refractivity contribution >= 4 is 60.8 Å². The van der Waals surface area contributed by atoms with Crippen LogP contribution in [0.4, 0.5) is 0 Å². The van der Waals surface area contributed by atoms with Gasteiger partial charge in [0.2, 0.25) is 0 Å². The maximum absolute atomic E-state index is 13.2. The molecule has 0 unspecified atom stereocenters. The molecule has 7 nitrogen and oxygen atoms in total. The van der Waals surface area contributed by atoms with E-state index in [1.54, 1.807) is 42.7 Å². The highest BCUT2D eigenvalue weighted by Crippen LogP contribution is 2.31. The number of hydrogen-bond donors (Lipinski definition) is 1. The van der Waals surface area contributed by atoms with Crippen molar-refractivity contribution in [3.63, 3.8) is 0 Å². The zero-order chi connectivity index (χ0) is 19.5. The maximum atomic E-state index is 13.2. The lowest BCUT2D eigenvalue weighted by Gasteiger charge is -2.14. The molecular weight excluding hydrogens is 534 g/mol. The molecule has 160 valence electrons. The number of benzene rings is 1. The van der Waals surface area contributed by atoms with Crippen LogP contribution in [0, 0.1) is 12.8 Å². The third-order valence-corrected chi connectivity index (χ3v) is 7.32. The molecule has 5 rings (SSSR count). The van der Waals surface area contributed by atoms with Crippen LogP contribution in [-0.4, -0.2) is 39.8 Å². The van der Waals surface area contributed by atoms with Crippen molar-refractivity contribution in [3.05, 3.63) is 60.2 Å². The minimum Gasteiger partial charge on any atom is -0.316 e. The molecule has 0 radical (unpaired) electrons. The molecule has 1 aliphatic heterocycles. The predicted octanol–water partition coefficient (Wildman–Crippen LogP) is 3.71. The quantitative estimate of drug-likeness (QED) is 0.416. The Hall–Kier alpha value is -1.75. The van der Waals surface area contributed by atoms with E-state index in [0.29, 0.717) is 17.5 Å². The lowest BCUT2D eigenvalue weighted by molar-refractivity contribution is 0.558. The van der Waals surface area contributed by atoms with Crippen LogP contribution in [0.1, 0.15) is 24.1 Å². The van der Waals surface area contributed by atoms with E-state index in [-0.39, 0.29) is 38.9 Å². The van der Waals surface area contributed by atoms with E-state index in [9.17, 15) is 8.42 Å². The zero-order valence-corrected chi connectivity index (χ0v) is 20.8. The van der Waals surface area contributed by atoms with Crippen molar-refractivity contribution in [1.29, 1.82) is 0 Å². The lowest BCUT2D eigenvalue weighted by Crippen LogP contribution is -2.13. The Morgan fingerprint density at radius 2 is 1.77 bits per heavy atom. The van der Waals surface area contributed by atoms with Crippen molar-refractivity contribution in [2.75, 3.05) is 13.1 Å². The van der Waals surface area contributed by atoms with Crippen LogP contribution < -0.4 is 5.32 Å². The highest BCUT2D eigenvalue weighted by Gasteiger charge is 2.29. The van der Waals surface area contributed by atoms with Crippen LogP contribution in [0.15, 0.2) is 53.8 Å². The summed E-state index contributed by atoms with van der Waals surface area (Å²) in [6, 6.07) is 8.66. The molecule has 2 atom stereocenters. The number of nitrogens with one attached hydrogen (secondary N) is 1. The van der Waals surface area contributed by atoms with Gasteiger partial charge >= 0.3 is 0 Å². The fraction of sp³-hybridized carbons (Fsp3) is 0.300. The monoisotopic (exact) mass is 555 g/mol. The first-order valence-corrected chi connectivity index (χ1v) is 10.8. The van der Waals surface area contributed by atoms with E-state index in [1.165, 1.54) is 3.97 Å². The Labute approximate surface area is 196 Å². The summed E-state index contributed by atoms with van der Waals surface area (Å²) in [6.07, 6.45) is 5.10. The topological polar surface area (TPSA) is 81.3 Å². The second-order valence-electron chi connectivity index (χ2n) is 7.52. The molecule has 3 aromatic heterocycles. The van der Waals surface area contributed by atoms with Crippen molar-refractivity contribution in [2.45, 2.75) is 24.7 Å².